The van der Waals surface area contributed by atoms with Crippen molar-refractivity contribution in [1.82, 2.24) is 0 Å². The molecule has 1 aromatic carbocycles. The lowest BCUT2D eigenvalue weighted by Crippen LogP contribution is -2.06. The summed E-state index contributed by atoms with van der Waals surface area (Å²) in [7, 11) is 0. The quantitative estimate of drug-likeness (QED) is 0.633. The lowest BCUT2D eigenvalue weighted by Gasteiger charge is -2.21. The number of thioether (sulfide) groups is 1. The van der Waals surface area contributed by atoms with Crippen LogP contribution in [0.2, 0.25) is 0 Å². The topological polar surface area (TPSA) is 26.0 Å². The van der Waals surface area contributed by atoms with Crippen LogP contribution in [0.5, 0.6) is 0 Å². The van der Waals surface area contributed by atoms with Crippen molar-refractivity contribution in [2.75, 3.05) is 11.5 Å². The second-order valence-electron chi connectivity index (χ2n) is 4.83. The number of hydrogen-bond donors (Lipinski definition) is 1. The van der Waals surface area contributed by atoms with E-state index in [-0.39, 0.29) is 5.82 Å². The molecule has 0 atom stereocenters. The molecule has 1 nitrogen and oxygen atoms in total. The summed E-state index contributed by atoms with van der Waals surface area (Å²) in [5.41, 5.74) is 6.02. The maximum absolute atomic E-state index is 13.5. The minimum Gasteiger partial charge on any atom is -0.399 e. The van der Waals surface area contributed by atoms with Crippen LogP contribution in [0.1, 0.15) is 38.5 Å². The van der Waals surface area contributed by atoms with Gasteiger partial charge in [0.1, 0.15) is 5.82 Å². The molecule has 1 aromatic rings. The summed E-state index contributed by atoms with van der Waals surface area (Å²) < 4.78 is 13.5. The fourth-order valence-electron chi connectivity index (χ4n) is 2.45. The standard InChI is InChI=1S/C14H20FNS/c15-13-10-12(16)6-7-14(13)17-9-8-11-4-2-1-3-5-11/h6-7,10-11H,1-5,8-9,16H2. The number of benzene rings is 1. The van der Waals surface area contributed by atoms with Crippen molar-refractivity contribution in [2.45, 2.75) is 43.4 Å². The Kier molecular flexibility index (Phi) is 4.72. The van der Waals surface area contributed by atoms with E-state index < -0.39 is 0 Å². The molecule has 0 spiro atoms. The smallest absolute Gasteiger partial charge is 0.138 e. The highest BCUT2D eigenvalue weighted by Gasteiger charge is 2.13. The third-order valence-corrected chi connectivity index (χ3v) is 4.55. The highest BCUT2D eigenvalue weighted by Crippen LogP contribution is 2.30. The highest BCUT2D eigenvalue weighted by molar-refractivity contribution is 7.99. The number of anilines is 1. The van der Waals surface area contributed by atoms with Gasteiger partial charge in [-0.15, -0.1) is 11.8 Å². The minimum absolute atomic E-state index is 0.182. The first kappa shape index (κ1) is 12.7. The van der Waals surface area contributed by atoms with Crippen molar-refractivity contribution in [1.29, 1.82) is 0 Å². The average Bonchev–Trinajstić information content (AvgIpc) is 2.33. The second-order valence-corrected chi connectivity index (χ2v) is 5.97. The van der Waals surface area contributed by atoms with Gasteiger partial charge in [-0.05, 0) is 36.3 Å². The first-order chi connectivity index (χ1) is 8.25. The second kappa shape index (κ2) is 6.29. The van der Waals surface area contributed by atoms with E-state index in [1.807, 2.05) is 0 Å². The van der Waals surface area contributed by atoms with Gasteiger partial charge in [0.2, 0.25) is 0 Å². The summed E-state index contributed by atoms with van der Waals surface area (Å²) in [5, 5.41) is 0. The summed E-state index contributed by atoms with van der Waals surface area (Å²) >= 11 is 1.62. The zero-order chi connectivity index (χ0) is 12.1. The Balaban J connectivity index is 1.77. The fraction of sp³-hybridized carbons (Fsp3) is 0.571. The van der Waals surface area contributed by atoms with E-state index in [0.717, 1.165) is 16.6 Å². The van der Waals surface area contributed by atoms with Crippen molar-refractivity contribution >= 4 is 17.4 Å². The van der Waals surface area contributed by atoms with E-state index >= 15 is 0 Å². The van der Waals surface area contributed by atoms with Crippen LogP contribution in [-0.4, -0.2) is 5.75 Å². The number of halogens is 1. The van der Waals surface area contributed by atoms with Gasteiger partial charge < -0.3 is 5.73 Å². The molecule has 0 aromatic heterocycles. The third-order valence-electron chi connectivity index (χ3n) is 3.46. The molecule has 0 radical (unpaired) electrons. The van der Waals surface area contributed by atoms with Crippen LogP contribution in [0, 0.1) is 11.7 Å². The zero-order valence-electron chi connectivity index (χ0n) is 10.1. The number of nitrogen functional groups attached to an aromatic ring is 1. The molecule has 0 bridgehead atoms. The van der Waals surface area contributed by atoms with Gasteiger partial charge in [-0.2, -0.15) is 0 Å². The van der Waals surface area contributed by atoms with Crippen molar-refractivity contribution < 1.29 is 4.39 Å². The number of rotatable bonds is 4. The molecule has 0 amide bonds. The Morgan fingerprint density at radius 2 is 2.00 bits per heavy atom. The Bertz CT molecular complexity index is 361. The molecule has 1 aliphatic rings. The van der Waals surface area contributed by atoms with Crippen LogP contribution in [0.4, 0.5) is 10.1 Å². The van der Waals surface area contributed by atoms with E-state index in [2.05, 4.69) is 0 Å². The SMILES string of the molecule is Nc1ccc(SCCC2CCCCC2)c(F)c1. The van der Waals surface area contributed by atoms with E-state index in [0.29, 0.717) is 5.69 Å². The van der Waals surface area contributed by atoms with Gasteiger partial charge in [0.05, 0.1) is 0 Å². The summed E-state index contributed by atoms with van der Waals surface area (Å²) in [4.78, 5) is 0.731. The third kappa shape index (κ3) is 3.91. The van der Waals surface area contributed by atoms with E-state index in [1.165, 1.54) is 44.6 Å². The largest absolute Gasteiger partial charge is 0.399 e. The van der Waals surface area contributed by atoms with Crippen LogP contribution >= 0.6 is 11.8 Å². The van der Waals surface area contributed by atoms with Crippen LogP contribution in [0.25, 0.3) is 0 Å². The van der Waals surface area contributed by atoms with Gasteiger partial charge in [0.25, 0.3) is 0 Å². The van der Waals surface area contributed by atoms with Crippen molar-refractivity contribution in [3.8, 4) is 0 Å². The van der Waals surface area contributed by atoms with Gasteiger partial charge in [-0.25, -0.2) is 4.39 Å². The van der Waals surface area contributed by atoms with Gasteiger partial charge in [0.15, 0.2) is 0 Å². The van der Waals surface area contributed by atoms with Crippen molar-refractivity contribution in [3.63, 3.8) is 0 Å². The summed E-state index contributed by atoms with van der Waals surface area (Å²) in [6.45, 7) is 0. The molecule has 1 aliphatic carbocycles. The molecule has 2 N–H and O–H groups in total. The maximum Gasteiger partial charge on any atom is 0.138 e. The molecule has 94 valence electrons. The predicted molar refractivity (Wildman–Crippen MR) is 72.7 cm³/mol. The molecule has 17 heavy (non-hydrogen) atoms. The predicted octanol–water partition coefficient (Wildman–Crippen LogP) is 4.47. The Labute approximate surface area is 107 Å². The maximum atomic E-state index is 13.5. The lowest BCUT2D eigenvalue weighted by atomic mass is 9.88. The summed E-state index contributed by atoms with van der Waals surface area (Å²) in [6, 6.07) is 4.96. The first-order valence-electron chi connectivity index (χ1n) is 6.43. The molecular formula is C14H20FNS. The molecule has 0 saturated heterocycles. The summed E-state index contributed by atoms with van der Waals surface area (Å²) in [5.74, 6) is 1.71. The van der Waals surface area contributed by atoms with Gasteiger partial charge in [-0.1, -0.05) is 32.1 Å². The molecule has 1 fully saturated rings. The number of hydrogen-bond acceptors (Lipinski definition) is 2. The van der Waals surface area contributed by atoms with E-state index in [4.69, 9.17) is 5.73 Å². The van der Waals surface area contributed by atoms with Gasteiger partial charge in [-0.3, -0.25) is 0 Å². The Hall–Kier alpha value is -0.700. The minimum atomic E-state index is -0.182. The molecule has 0 aliphatic heterocycles. The molecule has 0 unspecified atom stereocenters. The van der Waals surface area contributed by atoms with Crippen LogP contribution in [0.3, 0.4) is 0 Å². The van der Waals surface area contributed by atoms with E-state index in [9.17, 15) is 4.39 Å². The molecular weight excluding hydrogens is 233 g/mol. The molecule has 1 saturated carbocycles. The lowest BCUT2D eigenvalue weighted by molar-refractivity contribution is 0.351. The normalized spacial score (nSPS) is 17.2. The molecule has 2 rings (SSSR count). The van der Waals surface area contributed by atoms with Crippen LogP contribution in [-0.2, 0) is 0 Å². The van der Waals surface area contributed by atoms with Crippen molar-refractivity contribution in [2.24, 2.45) is 5.92 Å². The van der Waals surface area contributed by atoms with Gasteiger partial charge in [0, 0.05) is 10.6 Å². The Morgan fingerprint density at radius 3 is 2.71 bits per heavy atom. The first-order valence-corrected chi connectivity index (χ1v) is 7.42. The average molecular weight is 253 g/mol. The fourth-order valence-corrected chi connectivity index (χ4v) is 3.48. The molecule has 3 heteroatoms. The van der Waals surface area contributed by atoms with E-state index in [1.54, 1.807) is 23.9 Å². The zero-order valence-corrected chi connectivity index (χ0v) is 10.9. The van der Waals surface area contributed by atoms with Crippen molar-refractivity contribution in [3.05, 3.63) is 24.0 Å². The Morgan fingerprint density at radius 1 is 1.24 bits per heavy atom. The van der Waals surface area contributed by atoms with Crippen LogP contribution < -0.4 is 5.73 Å². The highest BCUT2D eigenvalue weighted by atomic mass is 32.2. The summed E-state index contributed by atoms with van der Waals surface area (Å²) in [6.07, 6.45) is 8.11. The van der Waals surface area contributed by atoms with Crippen LogP contribution in [0.15, 0.2) is 23.1 Å². The molecule has 0 heterocycles. The number of nitrogens with two attached hydrogens (primary N) is 1. The van der Waals surface area contributed by atoms with Gasteiger partial charge >= 0.3 is 0 Å². The monoisotopic (exact) mass is 253 g/mol.